The van der Waals surface area contributed by atoms with Gasteiger partial charge in [-0.1, -0.05) is 34.8 Å². The molecule has 112 valence electrons. The summed E-state index contributed by atoms with van der Waals surface area (Å²) >= 11 is 17.6. The molecule has 0 saturated carbocycles. The number of imidazole rings is 1. The first-order chi connectivity index (χ1) is 10.5. The number of fused-ring (bicyclic) bond motifs is 1. The van der Waals surface area contributed by atoms with Gasteiger partial charge >= 0.3 is 0 Å². The minimum atomic E-state index is -0.414. The zero-order valence-corrected chi connectivity index (χ0v) is 13.3. The Hall–Kier alpha value is -1.82. The summed E-state index contributed by atoms with van der Waals surface area (Å²) in [6.07, 6.45) is 3.53. The molecule has 0 atom stereocenters. The molecule has 22 heavy (non-hydrogen) atoms. The number of amides is 1. The molecule has 0 unspecified atom stereocenters. The molecular weight excluding hydrogens is 347 g/mol. The first-order valence-electron chi connectivity index (χ1n) is 6.26. The Morgan fingerprint density at radius 2 is 1.91 bits per heavy atom. The second-order valence-corrected chi connectivity index (χ2v) is 5.72. The van der Waals surface area contributed by atoms with Crippen LogP contribution in [0.3, 0.4) is 0 Å². The van der Waals surface area contributed by atoms with E-state index in [1.165, 1.54) is 12.1 Å². The normalized spacial score (nSPS) is 10.9. The number of hydrogen-bond acceptors (Lipinski definition) is 3. The summed E-state index contributed by atoms with van der Waals surface area (Å²) in [6.45, 7) is 0.239. The van der Waals surface area contributed by atoms with E-state index in [9.17, 15) is 4.79 Å². The Morgan fingerprint density at radius 1 is 1.09 bits per heavy atom. The summed E-state index contributed by atoms with van der Waals surface area (Å²) in [5, 5.41) is 3.76. The van der Waals surface area contributed by atoms with Crippen LogP contribution in [0.15, 0.2) is 36.7 Å². The van der Waals surface area contributed by atoms with Crippen molar-refractivity contribution in [2.24, 2.45) is 0 Å². The Morgan fingerprint density at radius 3 is 2.73 bits per heavy atom. The van der Waals surface area contributed by atoms with Crippen molar-refractivity contribution in [2.75, 3.05) is 0 Å². The summed E-state index contributed by atoms with van der Waals surface area (Å²) in [4.78, 5) is 20.4. The average Bonchev–Trinajstić information content (AvgIpc) is 2.89. The number of aromatic nitrogens is 3. The van der Waals surface area contributed by atoms with E-state index in [-0.39, 0.29) is 22.4 Å². The van der Waals surface area contributed by atoms with E-state index in [0.29, 0.717) is 10.7 Å². The lowest BCUT2D eigenvalue weighted by atomic mass is 10.3. The van der Waals surface area contributed by atoms with E-state index < -0.39 is 5.91 Å². The van der Waals surface area contributed by atoms with Crippen LogP contribution in [0.5, 0.6) is 0 Å². The fraction of sp³-hybridized carbons (Fsp3) is 0.0714. The number of hydrogen-bond donors (Lipinski definition) is 1. The SMILES string of the molecule is O=C(NCc1cn2cc(Cl)ccc2n1)c1nc(Cl)ccc1Cl. The highest BCUT2D eigenvalue weighted by atomic mass is 35.5. The highest BCUT2D eigenvalue weighted by Gasteiger charge is 2.13. The van der Waals surface area contributed by atoms with Crippen molar-refractivity contribution in [3.8, 4) is 0 Å². The van der Waals surface area contributed by atoms with Gasteiger partial charge in [-0.15, -0.1) is 0 Å². The molecule has 3 aromatic rings. The van der Waals surface area contributed by atoms with Gasteiger partial charge in [-0.2, -0.15) is 0 Å². The van der Waals surface area contributed by atoms with E-state index in [2.05, 4.69) is 15.3 Å². The molecule has 0 radical (unpaired) electrons. The lowest BCUT2D eigenvalue weighted by molar-refractivity contribution is 0.0945. The van der Waals surface area contributed by atoms with Gasteiger partial charge in [-0.3, -0.25) is 4.79 Å². The van der Waals surface area contributed by atoms with Gasteiger partial charge < -0.3 is 9.72 Å². The topological polar surface area (TPSA) is 59.3 Å². The molecular formula is C14H9Cl3N4O. The Bertz CT molecular complexity index is 862. The highest BCUT2D eigenvalue weighted by molar-refractivity contribution is 6.34. The molecule has 0 fully saturated rings. The largest absolute Gasteiger partial charge is 0.345 e. The standard InChI is InChI=1S/C14H9Cl3N4O/c15-8-1-4-12-19-9(7-21(12)6-8)5-18-14(22)13-10(16)2-3-11(17)20-13/h1-4,6-7H,5H2,(H,18,22). The van der Waals surface area contributed by atoms with Crippen LogP contribution < -0.4 is 5.32 Å². The van der Waals surface area contributed by atoms with Gasteiger partial charge in [-0.05, 0) is 24.3 Å². The maximum absolute atomic E-state index is 12.1. The van der Waals surface area contributed by atoms with Crippen LogP contribution in [0.1, 0.15) is 16.2 Å². The van der Waals surface area contributed by atoms with E-state index >= 15 is 0 Å². The van der Waals surface area contributed by atoms with Crippen molar-refractivity contribution >= 4 is 46.4 Å². The van der Waals surface area contributed by atoms with Crippen LogP contribution in [0, 0.1) is 0 Å². The molecule has 0 aliphatic rings. The molecule has 8 heteroatoms. The maximum atomic E-state index is 12.1. The van der Waals surface area contributed by atoms with Crippen molar-refractivity contribution in [1.29, 1.82) is 0 Å². The van der Waals surface area contributed by atoms with Gasteiger partial charge in [0.2, 0.25) is 0 Å². The highest BCUT2D eigenvalue weighted by Crippen LogP contribution is 2.17. The summed E-state index contributed by atoms with van der Waals surface area (Å²) < 4.78 is 1.79. The molecule has 0 bridgehead atoms. The predicted octanol–water partition coefficient (Wildman–Crippen LogP) is 3.62. The lowest BCUT2D eigenvalue weighted by Crippen LogP contribution is -2.24. The van der Waals surface area contributed by atoms with Gasteiger partial charge in [0.1, 0.15) is 16.5 Å². The lowest BCUT2D eigenvalue weighted by Gasteiger charge is -2.04. The first-order valence-corrected chi connectivity index (χ1v) is 7.40. The molecule has 5 nitrogen and oxygen atoms in total. The van der Waals surface area contributed by atoms with E-state index in [0.717, 1.165) is 5.65 Å². The van der Waals surface area contributed by atoms with Gasteiger partial charge in [0.15, 0.2) is 0 Å². The van der Waals surface area contributed by atoms with E-state index in [1.807, 2.05) is 0 Å². The molecule has 3 aromatic heterocycles. The van der Waals surface area contributed by atoms with Gasteiger partial charge in [-0.25, -0.2) is 9.97 Å². The summed E-state index contributed by atoms with van der Waals surface area (Å²) in [7, 11) is 0. The summed E-state index contributed by atoms with van der Waals surface area (Å²) in [5.41, 5.74) is 1.52. The van der Waals surface area contributed by atoms with Crippen molar-refractivity contribution < 1.29 is 4.79 Å². The molecule has 0 aromatic carbocycles. The van der Waals surface area contributed by atoms with Crippen molar-refractivity contribution in [3.05, 3.63) is 63.2 Å². The number of rotatable bonds is 3. The molecule has 3 heterocycles. The van der Waals surface area contributed by atoms with Gasteiger partial charge in [0, 0.05) is 12.4 Å². The second kappa shape index (κ2) is 6.12. The molecule has 1 amide bonds. The fourth-order valence-corrected chi connectivity index (χ4v) is 2.44. The summed E-state index contributed by atoms with van der Waals surface area (Å²) in [5.74, 6) is -0.414. The zero-order valence-electron chi connectivity index (χ0n) is 11.1. The third-order valence-corrected chi connectivity index (χ3v) is 3.66. The zero-order chi connectivity index (χ0) is 15.7. The third-order valence-electron chi connectivity index (χ3n) is 2.92. The van der Waals surface area contributed by atoms with Gasteiger partial charge in [0.25, 0.3) is 5.91 Å². The van der Waals surface area contributed by atoms with Crippen LogP contribution in [0.2, 0.25) is 15.2 Å². The van der Waals surface area contributed by atoms with E-state index in [4.69, 9.17) is 34.8 Å². The Balaban J connectivity index is 1.75. The number of pyridine rings is 2. The van der Waals surface area contributed by atoms with Crippen LogP contribution in [0.25, 0.3) is 5.65 Å². The number of halogens is 3. The van der Waals surface area contributed by atoms with Crippen LogP contribution >= 0.6 is 34.8 Å². The smallest absolute Gasteiger partial charge is 0.271 e. The van der Waals surface area contributed by atoms with Crippen molar-refractivity contribution in [2.45, 2.75) is 6.54 Å². The average molecular weight is 356 g/mol. The molecule has 3 rings (SSSR count). The molecule has 1 N–H and O–H groups in total. The number of carbonyl (C=O) groups is 1. The predicted molar refractivity (Wildman–Crippen MR) is 85.6 cm³/mol. The molecule has 0 aliphatic carbocycles. The number of carbonyl (C=O) groups excluding carboxylic acids is 1. The van der Waals surface area contributed by atoms with Crippen molar-refractivity contribution in [3.63, 3.8) is 0 Å². The quantitative estimate of drug-likeness (QED) is 0.730. The summed E-state index contributed by atoms with van der Waals surface area (Å²) in [6, 6.07) is 6.59. The van der Waals surface area contributed by atoms with Crippen LogP contribution in [-0.2, 0) is 6.54 Å². The van der Waals surface area contributed by atoms with Gasteiger partial charge in [0.05, 0.1) is 22.3 Å². The van der Waals surface area contributed by atoms with Crippen LogP contribution in [-0.4, -0.2) is 20.3 Å². The number of nitrogens with one attached hydrogen (secondary N) is 1. The Labute approximate surface area is 140 Å². The number of nitrogens with zero attached hydrogens (tertiary/aromatic N) is 3. The molecule has 0 spiro atoms. The molecule has 0 saturated heterocycles. The second-order valence-electron chi connectivity index (χ2n) is 4.49. The monoisotopic (exact) mass is 354 g/mol. The third kappa shape index (κ3) is 3.16. The van der Waals surface area contributed by atoms with E-state index in [1.54, 1.807) is 28.9 Å². The van der Waals surface area contributed by atoms with Crippen molar-refractivity contribution in [1.82, 2.24) is 19.7 Å². The minimum absolute atomic E-state index is 0.0842. The van der Waals surface area contributed by atoms with Crippen LogP contribution in [0.4, 0.5) is 0 Å². The Kier molecular flexibility index (Phi) is 4.20. The maximum Gasteiger partial charge on any atom is 0.271 e. The molecule has 0 aliphatic heterocycles. The fourth-order valence-electron chi connectivity index (χ4n) is 1.93. The first kappa shape index (κ1) is 15.1. The minimum Gasteiger partial charge on any atom is -0.345 e.